The Kier molecular flexibility index (Phi) is 2.75. The van der Waals surface area contributed by atoms with Gasteiger partial charge in [0.1, 0.15) is 0 Å². The number of carbonyl (C=O) groups is 1. The number of thiazole rings is 1. The topological polar surface area (TPSA) is 42.4 Å². The van der Waals surface area contributed by atoms with E-state index in [-0.39, 0.29) is 5.54 Å². The van der Waals surface area contributed by atoms with E-state index in [2.05, 4.69) is 23.7 Å². The average Bonchev–Trinajstić information content (AvgIpc) is 2.65. The summed E-state index contributed by atoms with van der Waals surface area (Å²) in [5.74, 6) is 0. The highest BCUT2D eigenvalue weighted by Crippen LogP contribution is 2.29. The quantitative estimate of drug-likeness (QED) is 0.718. The van der Waals surface area contributed by atoms with Crippen LogP contribution >= 0.6 is 11.3 Å². The van der Waals surface area contributed by atoms with Crippen LogP contribution in [0.15, 0.2) is 6.20 Å². The first-order valence-corrected chi connectivity index (χ1v) is 5.71. The molecule has 4 nitrogen and oxygen atoms in total. The van der Waals surface area contributed by atoms with Crippen molar-refractivity contribution in [3.05, 3.63) is 11.1 Å². The molecule has 0 saturated carbocycles. The molecule has 0 spiro atoms. The Morgan fingerprint density at radius 3 is 3.07 bits per heavy atom. The fourth-order valence-corrected chi connectivity index (χ4v) is 2.59. The third kappa shape index (κ3) is 2.03. The van der Waals surface area contributed by atoms with Gasteiger partial charge in [-0.25, -0.2) is 4.98 Å². The SMILES string of the molecule is CC1(C)COCCN1c1ncc(C=O)s1. The average molecular weight is 226 g/mol. The number of nitrogens with zero attached hydrogens (tertiary/aromatic N) is 2. The molecule has 1 aromatic rings. The van der Waals surface area contributed by atoms with Crippen LogP contribution in [-0.2, 0) is 4.74 Å². The number of hydrogen-bond acceptors (Lipinski definition) is 5. The lowest BCUT2D eigenvalue weighted by atomic mass is 10.0. The summed E-state index contributed by atoms with van der Waals surface area (Å²) in [5.41, 5.74) is -0.0454. The summed E-state index contributed by atoms with van der Waals surface area (Å²) in [4.78, 5) is 17.7. The van der Waals surface area contributed by atoms with Crippen molar-refractivity contribution in [2.45, 2.75) is 19.4 Å². The van der Waals surface area contributed by atoms with Crippen LogP contribution < -0.4 is 4.90 Å². The molecule has 1 aromatic heterocycles. The van der Waals surface area contributed by atoms with Gasteiger partial charge in [-0.15, -0.1) is 0 Å². The molecule has 2 heterocycles. The first-order chi connectivity index (χ1) is 7.13. The second-order valence-electron chi connectivity index (χ2n) is 4.18. The molecule has 1 aliphatic rings. The standard InChI is InChI=1S/C10H14N2O2S/c1-10(2)7-14-4-3-12(10)9-11-5-8(6-13)15-9/h5-6H,3-4,7H2,1-2H3. The lowest BCUT2D eigenvalue weighted by Gasteiger charge is -2.41. The Labute approximate surface area is 92.9 Å². The van der Waals surface area contributed by atoms with Gasteiger partial charge in [-0.05, 0) is 13.8 Å². The molecule has 0 atom stereocenters. The number of aromatic nitrogens is 1. The van der Waals surface area contributed by atoms with E-state index in [1.165, 1.54) is 11.3 Å². The van der Waals surface area contributed by atoms with Gasteiger partial charge >= 0.3 is 0 Å². The zero-order chi connectivity index (χ0) is 10.9. The van der Waals surface area contributed by atoms with Crippen molar-refractivity contribution in [3.8, 4) is 0 Å². The molecular formula is C10H14N2O2S. The molecule has 82 valence electrons. The Hall–Kier alpha value is -0.940. The smallest absolute Gasteiger partial charge is 0.186 e. The van der Waals surface area contributed by atoms with Crippen LogP contribution in [0, 0.1) is 0 Å². The first-order valence-electron chi connectivity index (χ1n) is 4.90. The Bertz CT molecular complexity index is 362. The Morgan fingerprint density at radius 1 is 1.67 bits per heavy atom. The van der Waals surface area contributed by atoms with E-state index in [1.807, 2.05) is 0 Å². The number of morpholine rings is 1. The van der Waals surface area contributed by atoms with Gasteiger partial charge in [0, 0.05) is 6.54 Å². The summed E-state index contributed by atoms with van der Waals surface area (Å²) in [6.07, 6.45) is 2.47. The molecule has 1 saturated heterocycles. The summed E-state index contributed by atoms with van der Waals surface area (Å²) < 4.78 is 5.44. The summed E-state index contributed by atoms with van der Waals surface area (Å²) in [5, 5.41) is 0.908. The molecule has 1 aliphatic heterocycles. The number of carbonyl (C=O) groups excluding carboxylic acids is 1. The van der Waals surface area contributed by atoms with Crippen molar-refractivity contribution in [2.24, 2.45) is 0 Å². The Balaban J connectivity index is 2.24. The minimum absolute atomic E-state index is 0.0454. The van der Waals surface area contributed by atoms with Crippen molar-refractivity contribution >= 4 is 22.8 Å². The van der Waals surface area contributed by atoms with Gasteiger partial charge in [-0.3, -0.25) is 4.79 Å². The van der Waals surface area contributed by atoms with Crippen molar-refractivity contribution in [2.75, 3.05) is 24.7 Å². The predicted molar refractivity (Wildman–Crippen MR) is 59.7 cm³/mol. The molecule has 15 heavy (non-hydrogen) atoms. The largest absolute Gasteiger partial charge is 0.377 e. The minimum atomic E-state index is -0.0454. The molecule has 0 aliphatic carbocycles. The monoisotopic (exact) mass is 226 g/mol. The van der Waals surface area contributed by atoms with Gasteiger partial charge in [0.15, 0.2) is 11.4 Å². The summed E-state index contributed by atoms with van der Waals surface area (Å²) >= 11 is 1.43. The highest BCUT2D eigenvalue weighted by atomic mass is 32.1. The highest BCUT2D eigenvalue weighted by molar-refractivity contribution is 7.17. The maximum absolute atomic E-state index is 10.6. The molecule has 0 N–H and O–H groups in total. The number of anilines is 1. The third-order valence-corrected chi connectivity index (χ3v) is 3.45. The summed E-state index contributed by atoms with van der Waals surface area (Å²) in [6.45, 7) is 6.49. The zero-order valence-corrected chi connectivity index (χ0v) is 9.71. The van der Waals surface area contributed by atoms with Gasteiger partial charge in [-0.1, -0.05) is 11.3 Å². The van der Waals surface area contributed by atoms with Crippen LogP contribution in [0.1, 0.15) is 23.5 Å². The molecule has 0 amide bonds. The van der Waals surface area contributed by atoms with E-state index in [0.29, 0.717) is 11.5 Å². The first kappa shape index (κ1) is 10.6. The molecule has 0 unspecified atom stereocenters. The van der Waals surface area contributed by atoms with Crippen molar-refractivity contribution < 1.29 is 9.53 Å². The zero-order valence-electron chi connectivity index (χ0n) is 8.90. The van der Waals surface area contributed by atoms with E-state index in [9.17, 15) is 4.79 Å². The van der Waals surface area contributed by atoms with E-state index in [4.69, 9.17) is 4.74 Å². The molecule has 5 heteroatoms. The maximum atomic E-state index is 10.6. The van der Waals surface area contributed by atoms with Crippen LogP contribution in [0.25, 0.3) is 0 Å². The summed E-state index contributed by atoms with van der Waals surface area (Å²) in [6, 6.07) is 0. The fraction of sp³-hybridized carbons (Fsp3) is 0.600. The molecule has 1 fully saturated rings. The number of rotatable bonds is 2. The van der Waals surface area contributed by atoms with E-state index in [1.54, 1.807) is 6.20 Å². The lowest BCUT2D eigenvalue weighted by Crippen LogP contribution is -2.53. The summed E-state index contributed by atoms with van der Waals surface area (Å²) in [7, 11) is 0. The van der Waals surface area contributed by atoms with Gasteiger partial charge in [-0.2, -0.15) is 0 Å². The minimum Gasteiger partial charge on any atom is -0.377 e. The van der Waals surface area contributed by atoms with Gasteiger partial charge in [0.05, 0.1) is 29.8 Å². The Morgan fingerprint density at radius 2 is 2.47 bits per heavy atom. The second kappa shape index (κ2) is 3.90. The predicted octanol–water partition coefficient (Wildman–Crippen LogP) is 1.57. The van der Waals surface area contributed by atoms with Crippen molar-refractivity contribution in [3.63, 3.8) is 0 Å². The van der Waals surface area contributed by atoms with Gasteiger partial charge in [0.2, 0.25) is 0 Å². The van der Waals surface area contributed by atoms with Gasteiger partial charge < -0.3 is 9.64 Å². The highest BCUT2D eigenvalue weighted by Gasteiger charge is 2.32. The van der Waals surface area contributed by atoms with Crippen LogP contribution in [0.3, 0.4) is 0 Å². The second-order valence-corrected chi connectivity index (χ2v) is 5.22. The molecule has 2 rings (SSSR count). The van der Waals surface area contributed by atoms with Crippen molar-refractivity contribution in [1.29, 1.82) is 0 Å². The van der Waals surface area contributed by atoms with Gasteiger partial charge in [0.25, 0.3) is 0 Å². The fourth-order valence-electron chi connectivity index (χ4n) is 1.67. The number of hydrogen-bond donors (Lipinski definition) is 0. The van der Waals surface area contributed by atoms with Crippen LogP contribution in [0.2, 0.25) is 0 Å². The molecule has 0 aromatic carbocycles. The van der Waals surface area contributed by atoms with Crippen LogP contribution in [-0.4, -0.2) is 36.6 Å². The molecular weight excluding hydrogens is 212 g/mol. The lowest BCUT2D eigenvalue weighted by molar-refractivity contribution is 0.0644. The number of ether oxygens (including phenoxy) is 1. The van der Waals surface area contributed by atoms with Crippen molar-refractivity contribution in [1.82, 2.24) is 4.98 Å². The normalized spacial score (nSPS) is 20.3. The third-order valence-electron chi connectivity index (χ3n) is 2.50. The van der Waals surface area contributed by atoms with Crippen LogP contribution in [0.4, 0.5) is 5.13 Å². The van der Waals surface area contributed by atoms with E-state index < -0.39 is 0 Å². The molecule has 0 bridgehead atoms. The molecule has 0 radical (unpaired) electrons. The van der Waals surface area contributed by atoms with Crippen LogP contribution in [0.5, 0.6) is 0 Å². The van der Waals surface area contributed by atoms with E-state index in [0.717, 1.165) is 24.6 Å². The van der Waals surface area contributed by atoms with E-state index >= 15 is 0 Å². The maximum Gasteiger partial charge on any atom is 0.186 e. The number of aldehydes is 1.